The van der Waals surface area contributed by atoms with Gasteiger partial charge in [0.2, 0.25) is 0 Å². The molecular weight excluding hydrogens is 306 g/mol. The van der Waals surface area contributed by atoms with E-state index in [1.165, 1.54) is 11.3 Å². The van der Waals surface area contributed by atoms with E-state index in [1.54, 1.807) is 18.2 Å². The summed E-state index contributed by atoms with van der Waals surface area (Å²) in [5.74, 6) is -0.114. The average Bonchev–Trinajstić information content (AvgIpc) is 2.86. The molecule has 0 aliphatic heterocycles. The molecule has 2 aromatic rings. The summed E-state index contributed by atoms with van der Waals surface area (Å²) < 4.78 is 0.746. The molecule has 1 amide bonds. The maximum atomic E-state index is 12.1. The Hall–Kier alpha value is -1.72. The van der Waals surface area contributed by atoms with Crippen LogP contribution in [-0.4, -0.2) is 12.5 Å². The molecule has 0 radical (unpaired) electrons. The van der Waals surface area contributed by atoms with Crippen LogP contribution in [0.5, 0.6) is 0 Å². The Labute approximate surface area is 133 Å². The van der Waals surface area contributed by atoms with Gasteiger partial charge in [-0.2, -0.15) is 0 Å². The molecule has 1 aromatic heterocycles. The second-order valence-corrected chi connectivity index (χ2v) is 6.42. The molecule has 0 aliphatic carbocycles. The molecule has 21 heavy (non-hydrogen) atoms. The van der Waals surface area contributed by atoms with E-state index in [1.807, 2.05) is 26.0 Å². The monoisotopic (exact) mass is 323 g/mol. The average molecular weight is 324 g/mol. The molecule has 0 bridgehead atoms. The molecule has 2 rings (SSSR count). The number of halogens is 1. The fourth-order valence-electron chi connectivity index (χ4n) is 2.00. The summed E-state index contributed by atoms with van der Waals surface area (Å²) in [5, 5.41) is 6.13. The van der Waals surface area contributed by atoms with Crippen LogP contribution in [0.3, 0.4) is 0 Å². The van der Waals surface area contributed by atoms with E-state index in [9.17, 15) is 4.79 Å². The van der Waals surface area contributed by atoms with Crippen LogP contribution in [0.4, 0.5) is 11.4 Å². The van der Waals surface area contributed by atoms with E-state index < -0.39 is 0 Å². The highest BCUT2D eigenvalue weighted by Gasteiger charge is 2.14. The molecule has 1 unspecified atom stereocenters. The van der Waals surface area contributed by atoms with Gasteiger partial charge < -0.3 is 16.4 Å². The highest BCUT2D eigenvalue weighted by Crippen LogP contribution is 2.30. The number of amides is 1. The third kappa shape index (κ3) is 3.89. The number of anilines is 2. The molecule has 4 nitrogen and oxygen atoms in total. The lowest BCUT2D eigenvalue weighted by Gasteiger charge is -2.17. The normalized spacial score (nSPS) is 12.0. The number of nitrogens with one attached hydrogen (secondary N) is 2. The quantitative estimate of drug-likeness (QED) is 0.731. The number of carbonyl (C=O) groups is 1. The van der Waals surface area contributed by atoms with E-state index >= 15 is 0 Å². The Balaban J connectivity index is 2.25. The van der Waals surface area contributed by atoms with Crippen molar-refractivity contribution >= 4 is 40.2 Å². The van der Waals surface area contributed by atoms with Gasteiger partial charge in [-0.15, -0.1) is 11.3 Å². The van der Waals surface area contributed by atoms with Gasteiger partial charge in [-0.3, -0.25) is 4.79 Å². The molecule has 4 N–H and O–H groups in total. The summed E-state index contributed by atoms with van der Waals surface area (Å²) >= 11 is 7.48. The number of nitrogen functional groups attached to an aromatic ring is 1. The van der Waals surface area contributed by atoms with Crippen molar-refractivity contribution in [1.82, 2.24) is 5.32 Å². The topological polar surface area (TPSA) is 67.2 Å². The van der Waals surface area contributed by atoms with Gasteiger partial charge in [-0.05, 0) is 44.2 Å². The summed E-state index contributed by atoms with van der Waals surface area (Å²) in [6.45, 7) is 4.49. The highest BCUT2D eigenvalue weighted by molar-refractivity contribution is 7.16. The van der Waals surface area contributed by atoms with Gasteiger partial charge in [-0.1, -0.05) is 11.6 Å². The van der Waals surface area contributed by atoms with Gasteiger partial charge in [0.1, 0.15) is 0 Å². The number of hydrogen-bond donors (Lipinski definition) is 3. The standard InChI is InChI=1S/C15H18ClN3OS/c1-3-18-15(20)11-5-4-10(17)8-12(11)19-9(2)13-6-7-14(16)21-13/h4-9,19H,3,17H2,1-2H3,(H,18,20). The first-order chi connectivity index (χ1) is 10.0. The lowest BCUT2D eigenvalue weighted by atomic mass is 10.1. The number of hydrogen-bond acceptors (Lipinski definition) is 4. The second-order valence-electron chi connectivity index (χ2n) is 4.67. The molecule has 1 heterocycles. The van der Waals surface area contributed by atoms with Crippen molar-refractivity contribution in [2.24, 2.45) is 0 Å². The van der Waals surface area contributed by atoms with Gasteiger partial charge in [0.15, 0.2) is 0 Å². The fourth-order valence-corrected chi connectivity index (χ4v) is 3.06. The lowest BCUT2D eigenvalue weighted by Crippen LogP contribution is -2.24. The summed E-state index contributed by atoms with van der Waals surface area (Å²) in [4.78, 5) is 13.2. The first-order valence-electron chi connectivity index (χ1n) is 6.70. The molecule has 112 valence electrons. The largest absolute Gasteiger partial charge is 0.399 e. The first-order valence-corrected chi connectivity index (χ1v) is 7.90. The zero-order chi connectivity index (χ0) is 15.4. The van der Waals surface area contributed by atoms with Crippen molar-refractivity contribution in [1.29, 1.82) is 0 Å². The van der Waals surface area contributed by atoms with Crippen LogP contribution in [0.1, 0.15) is 35.1 Å². The molecule has 0 aliphatic rings. The lowest BCUT2D eigenvalue weighted by molar-refractivity contribution is 0.0956. The van der Waals surface area contributed by atoms with E-state index in [4.69, 9.17) is 17.3 Å². The zero-order valence-corrected chi connectivity index (χ0v) is 13.5. The Morgan fingerprint density at radius 2 is 2.14 bits per heavy atom. The van der Waals surface area contributed by atoms with Crippen molar-refractivity contribution in [3.8, 4) is 0 Å². The Morgan fingerprint density at radius 3 is 2.76 bits per heavy atom. The van der Waals surface area contributed by atoms with E-state index in [0.717, 1.165) is 14.9 Å². The van der Waals surface area contributed by atoms with Crippen molar-refractivity contribution in [2.75, 3.05) is 17.6 Å². The molecule has 1 atom stereocenters. The maximum Gasteiger partial charge on any atom is 0.253 e. The minimum absolute atomic E-state index is 0.0393. The second kappa shape index (κ2) is 6.83. The first kappa shape index (κ1) is 15.7. The molecule has 0 spiro atoms. The molecule has 0 saturated heterocycles. The minimum Gasteiger partial charge on any atom is -0.399 e. The van der Waals surface area contributed by atoms with E-state index in [2.05, 4.69) is 10.6 Å². The molecule has 1 aromatic carbocycles. The van der Waals surface area contributed by atoms with Gasteiger partial charge in [-0.25, -0.2) is 0 Å². The van der Waals surface area contributed by atoms with Crippen LogP contribution in [0.2, 0.25) is 4.34 Å². The number of rotatable bonds is 5. The Kier molecular flexibility index (Phi) is 5.09. The van der Waals surface area contributed by atoms with Crippen LogP contribution in [-0.2, 0) is 0 Å². The number of benzene rings is 1. The van der Waals surface area contributed by atoms with Crippen molar-refractivity contribution in [2.45, 2.75) is 19.9 Å². The summed E-state index contributed by atoms with van der Waals surface area (Å²) in [5.41, 5.74) is 7.75. The predicted molar refractivity (Wildman–Crippen MR) is 90.2 cm³/mol. The summed E-state index contributed by atoms with van der Waals surface area (Å²) in [6, 6.07) is 9.11. The van der Waals surface area contributed by atoms with Crippen LogP contribution >= 0.6 is 22.9 Å². The van der Waals surface area contributed by atoms with Crippen LogP contribution in [0, 0.1) is 0 Å². The summed E-state index contributed by atoms with van der Waals surface area (Å²) in [7, 11) is 0. The molecule has 6 heteroatoms. The van der Waals surface area contributed by atoms with Gasteiger partial charge in [0.25, 0.3) is 5.91 Å². The number of nitrogens with two attached hydrogens (primary N) is 1. The predicted octanol–water partition coefficient (Wildman–Crippen LogP) is 3.91. The smallest absolute Gasteiger partial charge is 0.253 e. The van der Waals surface area contributed by atoms with Crippen molar-refractivity contribution in [3.63, 3.8) is 0 Å². The van der Waals surface area contributed by atoms with Gasteiger partial charge in [0, 0.05) is 22.8 Å². The number of carbonyl (C=O) groups excluding carboxylic acids is 1. The third-order valence-corrected chi connectivity index (χ3v) is 4.43. The maximum absolute atomic E-state index is 12.1. The highest BCUT2D eigenvalue weighted by atomic mass is 35.5. The Morgan fingerprint density at radius 1 is 1.38 bits per heavy atom. The minimum atomic E-state index is -0.114. The molecular formula is C15H18ClN3OS. The fraction of sp³-hybridized carbons (Fsp3) is 0.267. The van der Waals surface area contributed by atoms with Crippen LogP contribution in [0.25, 0.3) is 0 Å². The molecule has 0 saturated carbocycles. The molecule has 0 fully saturated rings. The zero-order valence-electron chi connectivity index (χ0n) is 11.9. The van der Waals surface area contributed by atoms with E-state index in [0.29, 0.717) is 17.8 Å². The SMILES string of the molecule is CCNC(=O)c1ccc(N)cc1NC(C)c1ccc(Cl)s1. The van der Waals surface area contributed by atoms with Gasteiger partial charge >= 0.3 is 0 Å². The van der Waals surface area contributed by atoms with Gasteiger partial charge in [0.05, 0.1) is 15.9 Å². The van der Waals surface area contributed by atoms with Crippen LogP contribution in [0.15, 0.2) is 30.3 Å². The number of thiophene rings is 1. The van der Waals surface area contributed by atoms with Crippen molar-refractivity contribution in [3.05, 3.63) is 45.1 Å². The van der Waals surface area contributed by atoms with Crippen LogP contribution < -0.4 is 16.4 Å². The Bertz CT molecular complexity index is 642. The van der Waals surface area contributed by atoms with Crippen molar-refractivity contribution < 1.29 is 4.79 Å². The van der Waals surface area contributed by atoms with E-state index in [-0.39, 0.29) is 11.9 Å². The summed E-state index contributed by atoms with van der Waals surface area (Å²) in [6.07, 6.45) is 0. The third-order valence-electron chi connectivity index (χ3n) is 3.02.